The lowest BCUT2D eigenvalue weighted by molar-refractivity contribution is 0.393. The number of hydrogen-bond acceptors (Lipinski definition) is 4. The van der Waals surface area contributed by atoms with Gasteiger partial charge in [0.25, 0.3) is 0 Å². The van der Waals surface area contributed by atoms with Gasteiger partial charge in [-0.2, -0.15) is 5.10 Å². The summed E-state index contributed by atoms with van der Waals surface area (Å²) in [5, 5.41) is 24.6. The van der Waals surface area contributed by atoms with Crippen LogP contribution in [0.4, 0.5) is 0 Å². The molecule has 1 aromatic rings. The molecule has 0 saturated carbocycles. The van der Waals surface area contributed by atoms with E-state index in [1.807, 2.05) is 12.1 Å². The van der Waals surface area contributed by atoms with E-state index in [1.165, 1.54) is 12.1 Å². The number of hydrogen-bond donors (Lipinski definition) is 2. The van der Waals surface area contributed by atoms with E-state index in [2.05, 4.69) is 5.10 Å². The third-order valence-corrected chi connectivity index (χ3v) is 2.27. The van der Waals surface area contributed by atoms with Crippen LogP contribution < -0.4 is 0 Å². The van der Waals surface area contributed by atoms with Gasteiger partial charge in [0.15, 0.2) is 11.5 Å². The highest BCUT2D eigenvalue weighted by Gasteiger charge is 2.13. The highest BCUT2D eigenvalue weighted by molar-refractivity contribution is 6.01. The van der Waals surface area contributed by atoms with Crippen LogP contribution in [0.2, 0.25) is 0 Å². The van der Waals surface area contributed by atoms with Crippen molar-refractivity contribution in [1.29, 1.82) is 0 Å². The second kappa shape index (κ2) is 3.21. The molecule has 0 fully saturated rings. The zero-order chi connectivity index (χ0) is 10.1. The molecule has 4 nitrogen and oxygen atoms in total. The molecule has 0 spiro atoms. The molecule has 0 amide bonds. The van der Waals surface area contributed by atoms with Crippen molar-refractivity contribution in [3.8, 4) is 11.5 Å². The van der Waals surface area contributed by atoms with Gasteiger partial charge in [0.2, 0.25) is 0 Å². The first kappa shape index (κ1) is 8.87. The number of phenolic OH excluding ortho intramolecular Hbond substituents is 2. The topological polar surface area (TPSA) is 56.1 Å². The predicted octanol–water partition coefficient (Wildman–Crippen LogP) is 1.14. The summed E-state index contributed by atoms with van der Waals surface area (Å²) in [5.74, 6) is -0.194. The van der Waals surface area contributed by atoms with Gasteiger partial charge in [-0.3, -0.25) is 5.01 Å². The fourth-order valence-corrected chi connectivity index (χ4v) is 1.48. The Kier molecular flexibility index (Phi) is 2.04. The van der Waals surface area contributed by atoms with Crippen LogP contribution in [0.3, 0.4) is 0 Å². The SMILES string of the molecule is CN1CCC(c2ccc(O)c(O)c2)=N1. The van der Waals surface area contributed by atoms with Crippen molar-refractivity contribution < 1.29 is 10.2 Å². The average Bonchev–Trinajstić information content (AvgIpc) is 2.57. The molecule has 0 atom stereocenters. The Morgan fingerprint density at radius 3 is 2.64 bits per heavy atom. The maximum atomic E-state index is 9.31. The lowest BCUT2D eigenvalue weighted by Crippen LogP contribution is -2.04. The smallest absolute Gasteiger partial charge is 0.158 e. The zero-order valence-corrected chi connectivity index (χ0v) is 7.94. The third-order valence-electron chi connectivity index (χ3n) is 2.27. The lowest BCUT2D eigenvalue weighted by Gasteiger charge is -2.02. The Labute approximate surface area is 82.1 Å². The number of benzene rings is 1. The zero-order valence-electron chi connectivity index (χ0n) is 7.94. The van der Waals surface area contributed by atoms with Gasteiger partial charge in [0.05, 0.1) is 5.71 Å². The van der Waals surface area contributed by atoms with Crippen LogP contribution in [-0.4, -0.2) is 34.5 Å². The summed E-state index contributed by atoms with van der Waals surface area (Å²) in [7, 11) is 1.91. The lowest BCUT2D eigenvalue weighted by atomic mass is 10.1. The van der Waals surface area contributed by atoms with Crippen molar-refractivity contribution in [2.45, 2.75) is 6.42 Å². The number of phenols is 2. The summed E-state index contributed by atoms with van der Waals surface area (Å²) < 4.78 is 0. The minimum absolute atomic E-state index is 0.0966. The van der Waals surface area contributed by atoms with Crippen molar-refractivity contribution in [1.82, 2.24) is 5.01 Å². The Hall–Kier alpha value is -1.71. The maximum Gasteiger partial charge on any atom is 0.158 e. The first-order valence-corrected chi connectivity index (χ1v) is 4.48. The van der Waals surface area contributed by atoms with Crippen LogP contribution in [0.5, 0.6) is 11.5 Å². The first-order valence-electron chi connectivity index (χ1n) is 4.48. The molecule has 14 heavy (non-hydrogen) atoms. The number of rotatable bonds is 1. The standard InChI is InChI=1S/C10H12N2O2/c1-12-5-4-8(11-12)7-2-3-9(13)10(14)6-7/h2-3,6,13-14H,4-5H2,1H3. The molecule has 1 aliphatic heterocycles. The van der Waals surface area contributed by atoms with Crippen LogP contribution >= 0.6 is 0 Å². The van der Waals surface area contributed by atoms with Gasteiger partial charge < -0.3 is 10.2 Å². The van der Waals surface area contributed by atoms with Crippen molar-refractivity contribution in [2.75, 3.05) is 13.6 Å². The Morgan fingerprint density at radius 2 is 2.07 bits per heavy atom. The van der Waals surface area contributed by atoms with Crippen molar-refractivity contribution in [3.05, 3.63) is 23.8 Å². The molecular formula is C10H12N2O2. The molecule has 0 bridgehead atoms. The molecule has 1 aliphatic rings. The number of aromatic hydroxyl groups is 2. The number of hydrazone groups is 1. The molecule has 0 radical (unpaired) electrons. The summed E-state index contributed by atoms with van der Waals surface area (Å²) in [4.78, 5) is 0. The molecule has 2 rings (SSSR count). The predicted molar refractivity (Wildman–Crippen MR) is 53.6 cm³/mol. The minimum atomic E-state index is -0.0975. The molecule has 74 valence electrons. The summed E-state index contributed by atoms with van der Waals surface area (Å²) in [6.07, 6.45) is 0.876. The summed E-state index contributed by atoms with van der Waals surface area (Å²) in [5.41, 5.74) is 1.81. The van der Waals surface area contributed by atoms with Crippen molar-refractivity contribution >= 4 is 5.71 Å². The fraction of sp³-hybridized carbons (Fsp3) is 0.300. The largest absolute Gasteiger partial charge is 0.504 e. The fourth-order valence-electron chi connectivity index (χ4n) is 1.48. The van der Waals surface area contributed by atoms with E-state index in [1.54, 1.807) is 6.07 Å². The molecule has 0 aromatic heterocycles. The van der Waals surface area contributed by atoms with Crippen molar-refractivity contribution in [3.63, 3.8) is 0 Å². The molecule has 1 heterocycles. The van der Waals surface area contributed by atoms with E-state index in [0.29, 0.717) is 0 Å². The molecule has 0 saturated heterocycles. The minimum Gasteiger partial charge on any atom is -0.504 e. The maximum absolute atomic E-state index is 9.31. The molecular weight excluding hydrogens is 180 g/mol. The molecule has 2 N–H and O–H groups in total. The molecule has 1 aromatic carbocycles. The summed E-state index contributed by atoms with van der Waals surface area (Å²) in [6.45, 7) is 0.900. The van der Waals surface area contributed by atoms with E-state index in [4.69, 9.17) is 5.11 Å². The molecule has 0 unspecified atom stereocenters. The van der Waals surface area contributed by atoms with Gasteiger partial charge in [0, 0.05) is 25.6 Å². The normalized spacial score (nSPS) is 15.8. The monoisotopic (exact) mass is 192 g/mol. The van der Waals surface area contributed by atoms with E-state index >= 15 is 0 Å². The molecule has 4 heteroatoms. The average molecular weight is 192 g/mol. The number of nitrogens with zero attached hydrogens (tertiary/aromatic N) is 2. The van der Waals surface area contributed by atoms with Gasteiger partial charge in [0.1, 0.15) is 0 Å². The Morgan fingerprint density at radius 1 is 1.29 bits per heavy atom. The van der Waals surface area contributed by atoms with Gasteiger partial charge in [-0.25, -0.2) is 0 Å². The van der Waals surface area contributed by atoms with Crippen LogP contribution in [0.15, 0.2) is 23.3 Å². The highest BCUT2D eigenvalue weighted by Crippen LogP contribution is 2.26. The van der Waals surface area contributed by atoms with Crippen LogP contribution in [-0.2, 0) is 0 Å². The third kappa shape index (κ3) is 1.51. The van der Waals surface area contributed by atoms with E-state index < -0.39 is 0 Å². The van der Waals surface area contributed by atoms with Gasteiger partial charge in [-0.05, 0) is 18.2 Å². The van der Waals surface area contributed by atoms with Crippen LogP contribution in [0, 0.1) is 0 Å². The second-order valence-corrected chi connectivity index (χ2v) is 3.38. The van der Waals surface area contributed by atoms with E-state index in [0.717, 1.165) is 24.2 Å². The summed E-state index contributed by atoms with van der Waals surface area (Å²) in [6, 6.07) is 4.77. The van der Waals surface area contributed by atoms with Gasteiger partial charge in [-0.1, -0.05) is 0 Å². The van der Waals surface area contributed by atoms with E-state index in [9.17, 15) is 5.11 Å². The first-order chi connectivity index (χ1) is 6.66. The molecule has 0 aliphatic carbocycles. The highest BCUT2D eigenvalue weighted by atomic mass is 16.3. The van der Waals surface area contributed by atoms with Crippen LogP contribution in [0.25, 0.3) is 0 Å². The van der Waals surface area contributed by atoms with E-state index in [-0.39, 0.29) is 11.5 Å². The van der Waals surface area contributed by atoms with Crippen LogP contribution in [0.1, 0.15) is 12.0 Å². The second-order valence-electron chi connectivity index (χ2n) is 3.38. The summed E-state index contributed by atoms with van der Waals surface area (Å²) >= 11 is 0. The quantitative estimate of drug-likeness (QED) is 0.656. The Balaban J connectivity index is 2.34. The van der Waals surface area contributed by atoms with Gasteiger partial charge in [-0.15, -0.1) is 0 Å². The van der Waals surface area contributed by atoms with Crippen molar-refractivity contribution in [2.24, 2.45) is 5.10 Å². The Bertz CT molecular complexity index is 388. The van der Waals surface area contributed by atoms with Gasteiger partial charge >= 0.3 is 0 Å².